The third-order valence-corrected chi connectivity index (χ3v) is 3.63. The standard InChI is InChI=1S/C18H18N4O4/c1-24-14-7-6-12(11-15(14)25-2)17-21-16(26-22-17)8-10-20-18(23)13-5-3-4-9-19-13/h3-7,9,11H,8,10H2,1-2H3,(H,20,23). The summed E-state index contributed by atoms with van der Waals surface area (Å²) in [6, 6.07) is 10.5. The number of rotatable bonds is 7. The molecule has 0 saturated carbocycles. The molecule has 8 nitrogen and oxygen atoms in total. The van der Waals surface area contributed by atoms with Gasteiger partial charge in [0.05, 0.1) is 14.2 Å². The second-order valence-electron chi connectivity index (χ2n) is 5.30. The molecule has 0 radical (unpaired) electrons. The fourth-order valence-electron chi connectivity index (χ4n) is 2.32. The van der Waals surface area contributed by atoms with E-state index in [0.717, 1.165) is 5.56 Å². The molecule has 0 spiro atoms. The van der Waals surface area contributed by atoms with E-state index in [9.17, 15) is 4.79 Å². The highest BCUT2D eigenvalue weighted by atomic mass is 16.5. The van der Waals surface area contributed by atoms with Crippen LogP contribution in [0.5, 0.6) is 11.5 Å². The van der Waals surface area contributed by atoms with Gasteiger partial charge < -0.3 is 19.3 Å². The number of hydrogen-bond donors (Lipinski definition) is 1. The van der Waals surface area contributed by atoms with Crippen molar-refractivity contribution in [3.05, 3.63) is 54.2 Å². The molecule has 8 heteroatoms. The molecule has 2 heterocycles. The maximum Gasteiger partial charge on any atom is 0.269 e. The van der Waals surface area contributed by atoms with Crippen molar-refractivity contribution in [2.45, 2.75) is 6.42 Å². The van der Waals surface area contributed by atoms with Crippen LogP contribution >= 0.6 is 0 Å². The molecule has 3 aromatic rings. The summed E-state index contributed by atoms with van der Waals surface area (Å²) in [6.07, 6.45) is 1.99. The highest BCUT2D eigenvalue weighted by molar-refractivity contribution is 5.92. The summed E-state index contributed by atoms with van der Waals surface area (Å²) in [5, 5.41) is 6.73. The summed E-state index contributed by atoms with van der Waals surface area (Å²) in [5.41, 5.74) is 1.11. The van der Waals surface area contributed by atoms with Crippen molar-refractivity contribution in [3.8, 4) is 22.9 Å². The number of hydrogen-bond acceptors (Lipinski definition) is 7. The Morgan fingerprint density at radius 2 is 2.00 bits per heavy atom. The van der Waals surface area contributed by atoms with E-state index in [2.05, 4.69) is 20.4 Å². The smallest absolute Gasteiger partial charge is 0.269 e. The number of nitrogens with zero attached hydrogens (tertiary/aromatic N) is 3. The van der Waals surface area contributed by atoms with E-state index >= 15 is 0 Å². The number of carbonyl (C=O) groups excluding carboxylic acids is 1. The van der Waals surface area contributed by atoms with Crippen molar-refractivity contribution >= 4 is 5.91 Å². The summed E-state index contributed by atoms with van der Waals surface area (Å²) in [7, 11) is 3.14. The fourth-order valence-corrected chi connectivity index (χ4v) is 2.32. The van der Waals surface area contributed by atoms with Crippen molar-refractivity contribution in [1.82, 2.24) is 20.4 Å². The first-order valence-electron chi connectivity index (χ1n) is 7.95. The van der Waals surface area contributed by atoms with Crippen LogP contribution in [0, 0.1) is 0 Å². The van der Waals surface area contributed by atoms with Crippen molar-refractivity contribution in [1.29, 1.82) is 0 Å². The van der Waals surface area contributed by atoms with Crippen molar-refractivity contribution in [2.24, 2.45) is 0 Å². The molecular weight excluding hydrogens is 336 g/mol. The van der Waals surface area contributed by atoms with Gasteiger partial charge in [0.1, 0.15) is 5.69 Å². The lowest BCUT2D eigenvalue weighted by Gasteiger charge is -2.07. The fraction of sp³-hybridized carbons (Fsp3) is 0.222. The van der Waals surface area contributed by atoms with Crippen LogP contribution < -0.4 is 14.8 Å². The number of aromatic nitrogens is 3. The lowest BCUT2D eigenvalue weighted by molar-refractivity contribution is 0.0948. The van der Waals surface area contributed by atoms with E-state index in [-0.39, 0.29) is 5.91 Å². The number of amides is 1. The third-order valence-electron chi connectivity index (χ3n) is 3.63. The molecule has 3 rings (SSSR count). The SMILES string of the molecule is COc1ccc(-c2noc(CCNC(=O)c3ccccn3)n2)cc1OC. The molecule has 0 aliphatic heterocycles. The van der Waals surface area contributed by atoms with Gasteiger partial charge in [-0.2, -0.15) is 4.98 Å². The molecule has 134 valence electrons. The Morgan fingerprint density at radius 1 is 1.15 bits per heavy atom. The average molecular weight is 354 g/mol. The van der Waals surface area contributed by atoms with Gasteiger partial charge in [-0.15, -0.1) is 0 Å². The Balaban J connectivity index is 1.61. The van der Waals surface area contributed by atoms with Crippen LogP contribution in [0.25, 0.3) is 11.4 Å². The van der Waals surface area contributed by atoms with E-state index < -0.39 is 0 Å². The van der Waals surface area contributed by atoms with Gasteiger partial charge in [-0.25, -0.2) is 0 Å². The van der Waals surface area contributed by atoms with Gasteiger partial charge in [0.25, 0.3) is 5.91 Å². The van der Waals surface area contributed by atoms with Crippen molar-refractivity contribution < 1.29 is 18.8 Å². The summed E-state index contributed by atoms with van der Waals surface area (Å²) >= 11 is 0. The highest BCUT2D eigenvalue weighted by Crippen LogP contribution is 2.31. The highest BCUT2D eigenvalue weighted by Gasteiger charge is 2.13. The van der Waals surface area contributed by atoms with E-state index in [0.29, 0.717) is 41.9 Å². The molecular formula is C18H18N4O4. The number of pyridine rings is 1. The van der Waals surface area contributed by atoms with Gasteiger partial charge in [-0.1, -0.05) is 11.2 Å². The lowest BCUT2D eigenvalue weighted by Crippen LogP contribution is -2.26. The summed E-state index contributed by atoms with van der Waals surface area (Å²) in [4.78, 5) is 20.3. The van der Waals surface area contributed by atoms with Crippen LogP contribution in [0.3, 0.4) is 0 Å². The Hall–Kier alpha value is -3.42. The number of nitrogens with one attached hydrogen (secondary N) is 1. The second kappa shape index (κ2) is 8.11. The molecule has 0 bridgehead atoms. The van der Waals surface area contributed by atoms with Gasteiger partial charge in [-0.3, -0.25) is 9.78 Å². The van der Waals surface area contributed by atoms with Gasteiger partial charge in [-0.05, 0) is 30.3 Å². The molecule has 0 fully saturated rings. The van der Waals surface area contributed by atoms with Crippen molar-refractivity contribution in [3.63, 3.8) is 0 Å². The van der Waals surface area contributed by atoms with Gasteiger partial charge >= 0.3 is 0 Å². The molecule has 26 heavy (non-hydrogen) atoms. The van der Waals surface area contributed by atoms with Gasteiger partial charge in [0, 0.05) is 24.7 Å². The minimum Gasteiger partial charge on any atom is -0.493 e. The van der Waals surface area contributed by atoms with E-state index in [1.807, 2.05) is 6.07 Å². The molecule has 2 aromatic heterocycles. The van der Waals surface area contributed by atoms with Crippen molar-refractivity contribution in [2.75, 3.05) is 20.8 Å². The zero-order valence-corrected chi connectivity index (χ0v) is 14.4. The van der Waals surface area contributed by atoms with Crippen LogP contribution in [-0.2, 0) is 6.42 Å². The van der Waals surface area contributed by atoms with Gasteiger partial charge in [0.15, 0.2) is 11.5 Å². The minimum atomic E-state index is -0.245. The molecule has 1 N–H and O–H groups in total. The van der Waals surface area contributed by atoms with Crippen LogP contribution in [0.4, 0.5) is 0 Å². The minimum absolute atomic E-state index is 0.245. The zero-order valence-electron chi connectivity index (χ0n) is 14.4. The molecule has 0 atom stereocenters. The molecule has 1 aromatic carbocycles. The number of carbonyl (C=O) groups is 1. The molecule has 0 unspecified atom stereocenters. The van der Waals surface area contributed by atoms with Crippen LogP contribution in [-0.4, -0.2) is 41.8 Å². The first kappa shape index (κ1) is 17.4. The Labute approximate surface area is 150 Å². The maximum absolute atomic E-state index is 11.9. The number of methoxy groups -OCH3 is 2. The van der Waals surface area contributed by atoms with E-state index in [1.54, 1.807) is 50.7 Å². The first-order chi connectivity index (χ1) is 12.7. The number of ether oxygens (including phenoxy) is 2. The second-order valence-corrected chi connectivity index (χ2v) is 5.30. The first-order valence-corrected chi connectivity index (χ1v) is 7.95. The molecule has 1 amide bonds. The van der Waals surface area contributed by atoms with Crippen LogP contribution in [0.15, 0.2) is 47.1 Å². The number of benzene rings is 1. The van der Waals surface area contributed by atoms with Crippen LogP contribution in [0.1, 0.15) is 16.4 Å². The lowest BCUT2D eigenvalue weighted by atomic mass is 10.2. The quantitative estimate of drug-likeness (QED) is 0.694. The zero-order chi connectivity index (χ0) is 18.4. The Morgan fingerprint density at radius 3 is 2.73 bits per heavy atom. The summed E-state index contributed by atoms with van der Waals surface area (Å²) in [5.74, 6) is 1.83. The Bertz CT molecular complexity index is 880. The summed E-state index contributed by atoms with van der Waals surface area (Å²) < 4.78 is 15.7. The largest absolute Gasteiger partial charge is 0.493 e. The third kappa shape index (κ3) is 3.97. The topological polar surface area (TPSA) is 99.4 Å². The van der Waals surface area contributed by atoms with E-state index in [4.69, 9.17) is 14.0 Å². The predicted octanol–water partition coefficient (Wildman–Crippen LogP) is 2.12. The normalized spacial score (nSPS) is 10.4. The van der Waals surface area contributed by atoms with E-state index in [1.165, 1.54) is 0 Å². The predicted molar refractivity (Wildman–Crippen MR) is 93.1 cm³/mol. The molecule has 0 aliphatic rings. The monoisotopic (exact) mass is 354 g/mol. The van der Waals surface area contributed by atoms with Gasteiger partial charge in [0.2, 0.25) is 11.7 Å². The molecule has 0 saturated heterocycles. The maximum atomic E-state index is 11.9. The summed E-state index contributed by atoms with van der Waals surface area (Å²) in [6.45, 7) is 0.364. The average Bonchev–Trinajstić information content (AvgIpc) is 3.17. The Kier molecular flexibility index (Phi) is 5.43. The molecule has 0 aliphatic carbocycles. The van der Waals surface area contributed by atoms with Crippen LogP contribution in [0.2, 0.25) is 0 Å².